The summed E-state index contributed by atoms with van der Waals surface area (Å²) in [6.45, 7) is 0. The molecule has 0 atom stereocenters. The zero-order chi connectivity index (χ0) is 21.1. The van der Waals surface area contributed by atoms with E-state index in [2.05, 4.69) is 0 Å². The number of carbonyl (C=O) groups excluding carboxylic acids is 1. The molecule has 5 heteroatoms. The molecule has 1 aliphatic rings. The van der Waals surface area contributed by atoms with Gasteiger partial charge >= 0.3 is 5.97 Å². The van der Waals surface area contributed by atoms with Gasteiger partial charge in [0.2, 0.25) is 0 Å². The van der Waals surface area contributed by atoms with Crippen LogP contribution in [0.3, 0.4) is 0 Å². The second-order valence-corrected chi connectivity index (χ2v) is 7.27. The second kappa shape index (κ2) is 8.19. The minimum Gasteiger partial charge on any atom is -0.478 e. The molecule has 2 aromatic rings. The molecule has 0 radical (unpaired) electrons. The Morgan fingerprint density at radius 1 is 0.759 bits per heavy atom. The lowest BCUT2D eigenvalue weighted by atomic mass is 9.89. The number of carboxylic acid groups (broad SMARTS) is 1. The van der Waals surface area contributed by atoms with Crippen LogP contribution in [0.25, 0.3) is 5.57 Å². The van der Waals surface area contributed by atoms with Gasteiger partial charge in [0.25, 0.3) is 0 Å². The zero-order valence-electron chi connectivity index (χ0n) is 17.0. The van der Waals surface area contributed by atoms with Crippen LogP contribution >= 0.6 is 0 Å². The first kappa shape index (κ1) is 20.1. The molecule has 0 fully saturated rings. The molecule has 0 aliphatic heterocycles. The number of benzene rings is 2. The molecular formula is C24H24N2O3. The minimum atomic E-state index is -1.22. The summed E-state index contributed by atoms with van der Waals surface area (Å²) in [5.41, 5.74) is 5.37. The van der Waals surface area contributed by atoms with Gasteiger partial charge in [0.1, 0.15) is 5.57 Å². The maximum absolute atomic E-state index is 11.9. The topological polar surface area (TPSA) is 60.9 Å². The average molecular weight is 388 g/mol. The molecule has 2 aromatic carbocycles. The van der Waals surface area contributed by atoms with E-state index in [0.717, 1.165) is 28.1 Å². The molecule has 0 heterocycles. The van der Waals surface area contributed by atoms with Crippen molar-refractivity contribution in [2.75, 3.05) is 38.0 Å². The van der Waals surface area contributed by atoms with E-state index in [-0.39, 0.29) is 5.57 Å². The van der Waals surface area contributed by atoms with E-state index < -0.39 is 11.8 Å². The lowest BCUT2D eigenvalue weighted by Gasteiger charge is -2.18. The molecule has 5 nitrogen and oxygen atoms in total. The van der Waals surface area contributed by atoms with Crippen LogP contribution in [0.5, 0.6) is 0 Å². The number of carbonyl (C=O) groups is 2. The highest BCUT2D eigenvalue weighted by Gasteiger charge is 2.21. The molecule has 0 spiro atoms. The summed E-state index contributed by atoms with van der Waals surface area (Å²) < 4.78 is 0. The van der Waals surface area contributed by atoms with Gasteiger partial charge in [-0.05, 0) is 58.7 Å². The van der Waals surface area contributed by atoms with E-state index in [1.165, 1.54) is 12.2 Å². The van der Waals surface area contributed by atoms with Crippen molar-refractivity contribution in [1.82, 2.24) is 0 Å². The fourth-order valence-electron chi connectivity index (χ4n) is 3.21. The molecule has 29 heavy (non-hydrogen) atoms. The summed E-state index contributed by atoms with van der Waals surface area (Å²) in [4.78, 5) is 27.5. The predicted octanol–water partition coefficient (Wildman–Crippen LogP) is 3.77. The zero-order valence-corrected chi connectivity index (χ0v) is 17.0. The minimum absolute atomic E-state index is 0.227. The molecule has 0 unspecified atom stereocenters. The van der Waals surface area contributed by atoms with Crippen molar-refractivity contribution in [1.29, 1.82) is 0 Å². The number of allylic oxidation sites excluding steroid dienone is 4. The monoisotopic (exact) mass is 388 g/mol. The maximum atomic E-state index is 11.9. The lowest BCUT2D eigenvalue weighted by molar-refractivity contribution is -0.134. The summed E-state index contributed by atoms with van der Waals surface area (Å²) in [7, 11) is 7.91. The van der Waals surface area contributed by atoms with E-state index in [4.69, 9.17) is 0 Å². The van der Waals surface area contributed by atoms with Crippen molar-refractivity contribution in [2.24, 2.45) is 0 Å². The first-order valence-electron chi connectivity index (χ1n) is 9.25. The van der Waals surface area contributed by atoms with Crippen molar-refractivity contribution in [3.63, 3.8) is 0 Å². The van der Waals surface area contributed by atoms with Crippen LogP contribution in [-0.4, -0.2) is 45.0 Å². The number of ketones is 1. The molecule has 3 rings (SSSR count). The highest BCUT2D eigenvalue weighted by molar-refractivity contribution is 6.23. The van der Waals surface area contributed by atoms with Crippen LogP contribution in [0.1, 0.15) is 11.1 Å². The van der Waals surface area contributed by atoms with Gasteiger partial charge in [-0.25, -0.2) is 4.79 Å². The van der Waals surface area contributed by atoms with Gasteiger partial charge in [0.15, 0.2) is 5.78 Å². The van der Waals surface area contributed by atoms with Gasteiger partial charge in [-0.3, -0.25) is 4.79 Å². The largest absolute Gasteiger partial charge is 0.478 e. The smallest absolute Gasteiger partial charge is 0.339 e. The third kappa shape index (κ3) is 4.29. The quantitative estimate of drug-likeness (QED) is 0.790. The van der Waals surface area contributed by atoms with Crippen LogP contribution in [0.15, 0.2) is 77.9 Å². The fraction of sp³-hybridized carbons (Fsp3) is 0.167. The molecule has 0 bridgehead atoms. The van der Waals surface area contributed by atoms with Crippen molar-refractivity contribution < 1.29 is 14.7 Å². The molecule has 0 aromatic heterocycles. The summed E-state index contributed by atoms with van der Waals surface area (Å²) in [6.07, 6.45) is 4.46. The first-order chi connectivity index (χ1) is 13.8. The number of hydrogen-bond acceptors (Lipinski definition) is 4. The van der Waals surface area contributed by atoms with Crippen LogP contribution < -0.4 is 9.80 Å². The molecule has 148 valence electrons. The Hall–Kier alpha value is -3.60. The normalized spacial score (nSPS) is 13.2. The molecule has 0 saturated carbocycles. The van der Waals surface area contributed by atoms with Gasteiger partial charge in [-0.15, -0.1) is 0 Å². The molecule has 0 saturated heterocycles. The number of aliphatic carboxylic acids is 1. The third-order valence-corrected chi connectivity index (χ3v) is 4.84. The number of nitrogens with zero attached hydrogens (tertiary/aromatic N) is 2. The number of hydrogen-bond donors (Lipinski definition) is 1. The van der Waals surface area contributed by atoms with Crippen molar-refractivity contribution in [2.45, 2.75) is 0 Å². The van der Waals surface area contributed by atoms with E-state index in [0.29, 0.717) is 5.57 Å². The Balaban J connectivity index is 2.20. The highest BCUT2D eigenvalue weighted by atomic mass is 16.4. The van der Waals surface area contributed by atoms with E-state index >= 15 is 0 Å². The van der Waals surface area contributed by atoms with Crippen LogP contribution in [0.4, 0.5) is 11.4 Å². The Bertz CT molecular complexity index is 971. The fourth-order valence-corrected chi connectivity index (χ4v) is 3.21. The highest BCUT2D eigenvalue weighted by Crippen LogP contribution is 2.32. The van der Waals surface area contributed by atoms with Gasteiger partial charge in [0.05, 0.1) is 0 Å². The maximum Gasteiger partial charge on any atom is 0.339 e. The van der Waals surface area contributed by atoms with Crippen molar-refractivity contribution in [3.8, 4) is 0 Å². The van der Waals surface area contributed by atoms with Gasteiger partial charge in [-0.2, -0.15) is 0 Å². The third-order valence-electron chi connectivity index (χ3n) is 4.84. The van der Waals surface area contributed by atoms with E-state index in [9.17, 15) is 14.7 Å². The molecule has 1 aliphatic carbocycles. The van der Waals surface area contributed by atoms with Crippen LogP contribution in [0.2, 0.25) is 0 Å². The Morgan fingerprint density at radius 2 is 1.21 bits per heavy atom. The lowest BCUT2D eigenvalue weighted by Crippen LogP contribution is -2.13. The molecule has 1 N–H and O–H groups in total. The summed E-state index contributed by atoms with van der Waals surface area (Å²) in [6, 6.07) is 16.1. The average Bonchev–Trinajstić information content (AvgIpc) is 2.70. The first-order valence-corrected chi connectivity index (χ1v) is 9.25. The SMILES string of the molecule is CN(C)c1ccc(C(=C2C=CC(=O)C(C(=O)O)=C2)c2ccc(N(C)C)cc2)cc1. The van der Waals surface area contributed by atoms with Gasteiger partial charge in [-0.1, -0.05) is 30.3 Å². The molecular weight excluding hydrogens is 364 g/mol. The Labute approximate surface area is 170 Å². The summed E-state index contributed by atoms with van der Waals surface area (Å²) in [5, 5.41) is 9.39. The van der Waals surface area contributed by atoms with Crippen LogP contribution in [-0.2, 0) is 9.59 Å². The van der Waals surface area contributed by atoms with Crippen molar-refractivity contribution >= 4 is 28.7 Å². The van der Waals surface area contributed by atoms with Gasteiger partial charge < -0.3 is 14.9 Å². The van der Waals surface area contributed by atoms with E-state index in [1.807, 2.05) is 86.5 Å². The number of rotatable bonds is 5. The number of anilines is 2. The predicted molar refractivity (Wildman–Crippen MR) is 117 cm³/mol. The van der Waals surface area contributed by atoms with Gasteiger partial charge in [0, 0.05) is 39.6 Å². The molecule has 0 amide bonds. The number of carboxylic acids is 1. The van der Waals surface area contributed by atoms with Crippen molar-refractivity contribution in [3.05, 3.63) is 89.0 Å². The van der Waals surface area contributed by atoms with E-state index in [1.54, 1.807) is 6.08 Å². The summed E-state index contributed by atoms with van der Waals surface area (Å²) in [5.74, 6) is -1.71. The standard InChI is InChI=1S/C24H24N2O3/c1-25(2)19-10-5-16(6-11-19)23(17-7-12-20(13-8-17)26(3)4)18-9-14-22(27)21(15-18)24(28)29/h5-15H,1-4H3,(H,28,29). The van der Waals surface area contributed by atoms with Crippen LogP contribution in [0, 0.1) is 0 Å². The Kier molecular flexibility index (Phi) is 5.69. The summed E-state index contributed by atoms with van der Waals surface area (Å²) >= 11 is 0. The Morgan fingerprint density at radius 3 is 1.59 bits per heavy atom. The second-order valence-electron chi connectivity index (χ2n) is 7.27.